The fourth-order valence-electron chi connectivity index (χ4n) is 1.24. The summed E-state index contributed by atoms with van der Waals surface area (Å²) in [5.41, 5.74) is 1.04. The lowest BCUT2D eigenvalue weighted by Crippen LogP contribution is -2.27. The third kappa shape index (κ3) is 5.19. The van der Waals surface area contributed by atoms with Crippen molar-refractivity contribution >= 4 is 5.97 Å². The summed E-state index contributed by atoms with van der Waals surface area (Å²) in [5.74, 6) is -0.876. The smallest absolute Gasteiger partial charge is 0.303 e. The number of hydrogen-bond donors (Lipinski definition) is 4. The van der Waals surface area contributed by atoms with E-state index in [1.165, 1.54) is 0 Å². The minimum atomic E-state index is -0.876. The first-order valence-corrected chi connectivity index (χ1v) is 4.91. The summed E-state index contributed by atoms with van der Waals surface area (Å²) in [7, 11) is 0. The molecule has 5 nitrogen and oxygen atoms in total. The lowest BCUT2D eigenvalue weighted by molar-refractivity contribution is -0.137. The summed E-state index contributed by atoms with van der Waals surface area (Å²) in [6.07, 6.45) is 1.52. The highest BCUT2D eigenvalue weighted by Gasteiger charge is 2.06. The Bertz CT molecular complexity index is 285. The quantitative estimate of drug-likeness (QED) is 0.524. The minimum absolute atomic E-state index is 0.00531. The summed E-state index contributed by atoms with van der Waals surface area (Å²) in [5, 5.41) is 20.8. The predicted molar refractivity (Wildman–Crippen MR) is 55.4 cm³/mol. The molecule has 5 heteroatoms. The van der Waals surface area contributed by atoms with Gasteiger partial charge >= 0.3 is 5.97 Å². The molecule has 0 bridgehead atoms. The second kappa shape index (κ2) is 6.21. The predicted octanol–water partition coefficient (Wildman–Crippen LogP) is 0.330. The molecule has 0 saturated carbocycles. The monoisotopic (exact) mass is 212 g/mol. The molecule has 1 aromatic heterocycles. The Balaban J connectivity index is 2.06. The van der Waals surface area contributed by atoms with E-state index in [9.17, 15) is 9.90 Å². The van der Waals surface area contributed by atoms with Gasteiger partial charge < -0.3 is 20.5 Å². The number of H-pyrrole nitrogens is 1. The van der Waals surface area contributed by atoms with Crippen LogP contribution in [0.5, 0.6) is 0 Å². The van der Waals surface area contributed by atoms with E-state index in [-0.39, 0.29) is 12.8 Å². The number of hydrogen-bond acceptors (Lipinski definition) is 3. The zero-order chi connectivity index (χ0) is 11.1. The summed E-state index contributed by atoms with van der Waals surface area (Å²) in [6, 6.07) is 3.84. The van der Waals surface area contributed by atoms with Crippen molar-refractivity contribution in [2.45, 2.75) is 25.5 Å². The molecule has 1 aromatic rings. The van der Waals surface area contributed by atoms with Gasteiger partial charge in [-0.3, -0.25) is 4.79 Å². The van der Waals surface area contributed by atoms with Gasteiger partial charge in [0.25, 0.3) is 0 Å². The van der Waals surface area contributed by atoms with Gasteiger partial charge in [0, 0.05) is 31.4 Å². The van der Waals surface area contributed by atoms with Gasteiger partial charge in [-0.25, -0.2) is 0 Å². The first kappa shape index (κ1) is 11.7. The Kier molecular flexibility index (Phi) is 4.86. The Morgan fingerprint density at radius 1 is 1.60 bits per heavy atom. The summed E-state index contributed by atoms with van der Waals surface area (Å²) in [6.45, 7) is 1.06. The fraction of sp³-hybridized carbons (Fsp3) is 0.500. The Hall–Kier alpha value is -1.33. The van der Waals surface area contributed by atoms with Gasteiger partial charge in [-0.15, -0.1) is 0 Å². The Morgan fingerprint density at radius 2 is 2.40 bits per heavy atom. The number of carbonyl (C=O) groups is 1. The maximum Gasteiger partial charge on any atom is 0.303 e. The van der Waals surface area contributed by atoms with Gasteiger partial charge in [-0.05, 0) is 18.6 Å². The Morgan fingerprint density at radius 3 is 3.00 bits per heavy atom. The van der Waals surface area contributed by atoms with Crippen molar-refractivity contribution < 1.29 is 15.0 Å². The molecule has 0 aromatic carbocycles. The van der Waals surface area contributed by atoms with E-state index in [1.807, 2.05) is 18.3 Å². The number of carboxylic acids is 1. The molecule has 0 saturated heterocycles. The van der Waals surface area contributed by atoms with E-state index in [2.05, 4.69) is 10.3 Å². The number of aromatic nitrogens is 1. The van der Waals surface area contributed by atoms with E-state index < -0.39 is 12.1 Å². The van der Waals surface area contributed by atoms with E-state index in [4.69, 9.17) is 5.11 Å². The number of aliphatic hydroxyl groups excluding tert-OH is 1. The zero-order valence-electron chi connectivity index (χ0n) is 8.44. The van der Waals surface area contributed by atoms with Crippen LogP contribution < -0.4 is 5.32 Å². The highest BCUT2D eigenvalue weighted by atomic mass is 16.4. The van der Waals surface area contributed by atoms with Crippen molar-refractivity contribution in [3.05, 3.63) is 24.0 Å². The van der Waals surface area contributed by atoms with Crippen molar-refractivity contribution in [1.29, 1.82) is 0 Å². The van der Waals surface area contributed by atoms with Crippen molar-refractivity contribution in [3.63, 3.8) is 0 Å². The molecule has 0 aliphatic heterocycles. The number of aliphatic carboxylic acids is 1. The van der Waals surface area contributed by atoms with Crippen LogP contribution >= 0.6 is 0 Å². The molecule has 0 spiro atoms. The molecule has 0 amide bonds. The van der Waals surface area contributed by atoms with E-state index in [0.29, 0.717) is 13.1 Å². The molecular formula is C10H16N2O3. The highest BCUT2D eigenvalue weighted by molar-refractivity contribution is 5.66. The summed E-state index contributed by atoms with van der Waals surface area (Å²) < 4.78 is 0. The molecule has 0 radical (unpaired) electrons. The van der Waals surface area contributed by atoms with Crippen LogP contribution in [-0.2, 0) is 11.3 Å². The lowest BCUT2D eigenvalue weighted by Gasteiger charge is -2.09. The standard InChI is InChI=1S/C10H16N2O3/c13-9(3-4-10(14)15)7-11-6-8-2-1-5-12-8/h1-2,5,9,11-13H,3-4,6-7H2,(H,14,15). The summed E-state index contributed by atoms with van der Waals surface area (Å²) in [4.78, 5) is 13.3. The van der Waals surface area contributed by atoms with Crippen LogP contribution in [0.1, 0.15) is 18.5 Å². The molecule has 0 aliphatic carbocycles. The number of nitrogens with one attached hydrogen (secondary N) is 2. The number of rotatable bonds is 7. The van der Waals surface area contributed by atoms with E-state index in [0.717, 1.165) is 5.69 Å². The van der Waals surface area contributed by atoms with Gasteiger partial charge in [0.05, 0.1) is 6.10 Å². The lowest BCUT2D eigenvalue weighted by atomic mass is 10.2. The molecule has 1 unspecified atom stereocenters. The molecule has 0 aliphatic rings. The van der Waals surface area contributed by atoms with Crippen LogP contribution in [0.15, 0.2) is 18.3 Å². The molecule has 1 rings (SSSR count). The average molecular weight is 212 g/mol. The largest absolute Gasteiger partial charge is 0.481 e. The molecule has 15 heavy (non-hydrogen) atoms. The van der Waals surface area contributed by atoms with Crippen molar-refractivity contribution in [3.8, 4) is 0 Å². The zero-order valence-corrected chi connectivity index (χ0v) is 8.44. The highest BCUT2D eigenvalue weighted by Crippen LogP contribution is 1.97. The molecular weight excluding hydrogens is 196 g/mol. The second-order valence-corrected chi connectivity index (χ2v) is 3.41. The third-order valence-corrected chi connectivity index (χ3v) is 2.05. The van der Waals surface area contributed by atoms with Gasteiger partial charge in [-0.1, -0.05) is 0 Å². The van der Waals surface area contributed by atoms with Crippen molar-refractivity contribution in [2.75, 3.05) is 6.54 Å². The van der Waals surface area contributed by atoms with Crippen LogP contribution in [0.4, 0.5) is 0 Å². The minimum Gasteiger partial charge on any atom is -0.481 e. The molecule has 1 atom stereocenters. The average Bonchev–Trinajstić information content (AvgIpc) is 2.67. The second-order valence-electron chi connectivity index (χ2n) is 3.41. The molecule has 4 N–H and O–H groups in total. The Labute approximate surface area is 88.1 Å². The number of aromatic amines is 1. The fourth-order valence-corrected chi connectivity index (χ4v) is 1.24. The van der Waals surface area contributed by atoms with Gasteiger partial charge in [0.2, 0.25) is 0 Å². The topological polar surface area (TPSA) is 85.3 Å². The van der Waals surface area contributed by atoms with E-state index in [1.54, 1.807) is 0 Å². The SMILES string of the molecule is O=C(O)CCC(O)CNCc1ccc[nH]1. The van der Waals surface area contributed by atoms with Crippen LogP contribution in [-0.4, -0.2) is 33.8 Å². The maximum absolute atomic E-state index is 10.2. The first-order valence-electron chi connectivity index (χ1n) is 4.91. The third-order valence-electron chi connectivity index (χ3n) is 2.05. The van der Waals surface area contributed by atoms with Crippen molar-refractivity contribution in [2.24, 2.45) is 0 Å². The van der Waals surface area contributed by atoms with Crippen LogP contribution in [0.3, 0.4) is 0 Å². The normalized spacial score (nSPS) is 12.6. The molecule has 1 heterocycles. The maximum atomic E-state index is 10.2. The van der Waals surface area contributed by atoms with Gasteiger partial charge in [0.15, 0.2) is 0 Å². The van der Waals surface area contributed by atoms with E-state index >= 15 is 0 Å². The number of aliphatic hydroxyl groups is 1. The molecule has 0 fully saturated rings. The van der Waals surface area contributed by atoms with Gasteiger partial charge in [-0.2, -0.15) is 0 Å². The van der Waals surface area contributed by atoms with Crippen LogP contribution in [0.2, 0.25) is 0 Å². The van der Waals surface area contributed by atoms with Crippen LogP contribution in [0, 0.1) is 0 Å². The number of carboxylic acid groups (broad SMARTS) is 1. The van der Waals surface area contributed by atoms with Crippen molar-refractivity contribution in [1.82, 2.24) is 10.3 Å². The first-order chi connectivity index (χ1) is 7.18. The summed E-state index contributed by atoms with van der Waals surface area (Å²) >= 11 is 0. The molecule has 84 valence electrons. The van der Waals surface area contributed by atoms with Gasteiger partial charge in [0.1, 0.15) is 0 Å². The van der Waals surface area contributed by atoms with Crippen LogP contribution in [0.25, 0.3) is 0 Å².